The standard InChI is InChI=1S/C18H18ClN3O3/c1-3-11(2)15(20-17(23)12-7-4-5-8-13(12)19)18-21-16(22-25-18)14-9-6-10-24-14/h4-11,15H,3H2,1-2H3,(H,20,23)/t11-,15-/m1/s1. The number of aromatic nitrogens is 2. The van der Waals surface area contributed by atoms with E-state index in [1.165, 1.54) is 6.26 Å². The lowest BCUT2D eigenvalue weighted by atomic mass is 9.98. The number of halogens is 1. The number of nitrogens with zero attached hydrogens (tertiary/aromatic N) is 2. The second-order valence-electron chi connectivity index (χ2n) is 5.75. The van der Waals surface area contributed by atoms with Crippen LogP contribution in [0.2, 0.25) is 5.02 Å². The molecule has 0 unspecified atom stereocenters. The maximum atomic E-state index is 12.6. The van der Waals surface area contributed by atoms with E-state index >= 15 is 0 Å². The van der Waals surface area contributed by atoms with Gasteiger partial charge in [0.25, 0.3) is 5.91 Å². The molecule has 1 aromatic carbocycles. The van der Waals surface area contributed by atoms with Crippen LogP contribution < -0.4 is 5.32 Å². The van der Waals surface area contributed by atoms with E-state index in [1.807, 2.05) is 13.8 Å². The maximum Gasteiger partial charge on any atom is 0.253 e. The van der Waals surface area contributed by atoms with Crippen LogP contribution in [-0.2, 0) is 0 Å². The average molecular weight is 360 g/mol. The fraction of sp³-hybridized carbons (Fsp3) is 0.278. The highest BCUT2D eigenvalue weighted by atomic mass is 35.5. The normalized spacial score (nSPS) is 13.4. The van der Waals surface area contributed by atoms with Crippen LogP contribution >= 0.6 is 11.6 Å². The molecule has 3 aromatic rings. The monoisotopic (exact) mass is 359 g/mol. The molecule has 0 aliphatic rings. The lowest BCUT2D eigenvalue weighted by Gasteiger charge is -2.21. The summed E-state index contributed by atoms with van der Waals surface area (Å²) in [6.45, 7) is 4.04. The lowest BCUT2D eigenvalue weighted by molar-refractivity contribution is 0.0910. The summed E-state index contributed by atoms with van der Waals surface area (Å²) in [6.07, 6.45) is 2.36. The van der Waals surface area contributed by atoms with Gasteiger partial charge in [-0.3, -0.25) is 4.79 Å². The molecular weight excluding hydrogens is 342 g/mol. The first-order valence-electron chi connectivity index (χ1n) is 8.03. The van der Waals surface area contributed by atoms with E-state index < -0.39 is 6.04 Å². The number of carbonyl (C=O) groups excluding carboxylic acids is 1. The first-order chi connectivity index (χ1) is 12.1. The molecule has 1 N–H and O–H groups in total. The summed E-state index contributed by atoms with van der Waals surface area (Å²) in [6, 6.07) is 9.96. The Hall–Kier alpha value is -2.60. The Balaban J connectivity index is 1.86. The van der Waals surface area contributed by atoms with Crippen molar-refractivity contribution in [2.75, 3.05) is 0 Å². The predicted octanol–water partition coefficient (Wildman–Crippen LogP) is 4.50. The number of rotatable bonds is 6. The number of amides is 1. The van der Waals surface area contributed by atoms with Crippen LogP contribution in [0.5, 0.6) is 0 Å². The van der Waals surface area contributed by atoms with Crippen molar-refractivity contribution in [3.05, 3.63) is 59.1 Å². The molecule has 6 nitrogen and oxygen atoms in total. The van der Waals surface area contributed by atoms with Gasteiger partial charge in [0.15, 0.2) is 5.76 Å². The minimum absolute atomic E-state index is 0.0938. The topological polar surface area (TPSA) is 81.2 Å². The summed E-state index contributed by atoms with van der Waals surface area (Å²) in [5, 5.41) is 7.28. The van der Waals surface area contributed by atoms with Gasteiger partial charge in [0.05, 0.1) is 16.8 Å². The zero-order valence-corrected chi connectivity index (χ0v) is 14.7. The van der Waals surface area contributed by atoms with Crippen LogP contribution in [0.3, 0.4) is 0 Å². The number of hydrogen-bond donors (Lipinski definition) is 1. The second kappa shape index (κ2) is 7.53. The lowest BCUT2D eigenvalue weighted by Crippen LogP contribution is -2.33. The summed E-state index contributed by atoms with van der Waals surface area (Å²) in [5.74, 6) is 1.00. The molecule has 0 radical (unpaired) electrons. The molecule has 0 aliphatic carbocycles. The quantitative estimate of drug-likeness (QED) is 0.700. The van der Waals surface area contributed by atoms with Crippen molar-refractivity contribution in [3.8, 4) is 11.6 Å². The van der Waals surface area contributed by atoms with Crippen molar-refractivity contribution in [2.45, 2.75) is 26.3 Å². The minimum Gasteiger partial charge on any atom is -0.461 e. The number of furan rings is 1. The summed E-state index contributed by atoms with van der Waals surface area (Å²) >= 11 is 6.11. The van der Waals surface area contributed by atoms with E-state index in [0.717, 1.165) is 6.42 Å². The highest BCUT2D eigenvalue weighted by Crippen LogP contribution is 2.27. The van der Waals surface area contributed by atoms with Crippen LogP contribution in [0.25, 0.3) is 11.6 Å². The van der Waals surface area contributed by atoms with E-state index in [2.05, 4.69) is 15.5 Å². The fourth-order valence-corrected chi connectivity index (χ4v) is 2.64. The largest absolute Gasteiger partial charge is 0.461 e. The summed E-state index contributed by atoms with van der Waals surface area (Å²) in [4.78, 5) is 17.0. The van der Waals surface area contributed by atoms with Crippen molar-refractivity contribution < 1.29 is 13.7 Å². The first-order valence-corrected chi connectivity index (χ1v) is 8.40. The Morgan fingerprint density at radius 3 is 2.76 bits per heavy atom. The third-order valence-electron chi connectivity index (χ3n) is 4.07. The van der Waals surface area contributed by atoms with Gasteiger partial charge in [-0.25, -0.2) is 0 Å². The van der Waals surface area contributed by atoms with Gasteiger partial charge in [-0.05, 0) is 30.2 Å². The van der Waals surface area contributed by atoms with Gasteiger partial charge in [0.2, 0.25) is 11.7 Å². The van der Waals surface area contributed by atoms with Crippen molar-refractivity contribution >= 4 is 17.5 Å². The predicted molar refractivity (Wildman–Crippen MR) is 93.1 cm³/mol. The van der Waals surface area contributed by atoms with Crippen molar-refractivity contribution in [2.24, 2.45) is 5.92 Å². The molecule has 0 bridgehead atoms. The Morgan fingerprint density at radius 2 is 2.08 bits per heavy atom. The summed E-state index contributed by atoms with van der Waals surface area (Å²) < 4.78 is 10.6. The molecule has 2 heterocycles. The Morgan fingerprint density at radius 1 is 1.28 bits per heavy atom. The summed E-state index contributed by atoms with van der Waals surface area (Å²) in [5.41, 5.74) is 0.406. The van der Waals surface area contributed by atoms with Crippen LogP contribution in [0.4, 0.5) is 0 Å². The second-order valence-corrected chi connectivity index (χ2v) is 6.16. The SMILES string of the molecule is CC[C@@H](C)[C@@H](NC(=O)c1ccccc1Cl)c1nc(-c2ccco2)no1. The molecule has 0 fully saturated rings. The molecule has 25 heavy (non-hydrogen) atoms. The number of hydrogen-bond acceptors (Lipinski definition) is 5. The van der Waals surface area contributed by atoms with E-state index in [-0.39, 0.29) is 11.8 Å². The van der Waals surface area contributed by atoms with Crippen molar-refractivity contribution in [3.63, 3.8) is 0 Å². The highest BCUT2D eigenvalue weighted by molar-refractivity contribution is 6.33. The van der Waals surface area contributed by atoms with Gasteiger partial charge >= 0.3 is 0 Å². The number of nitrogens with one attached hydrogen (secondary N) is 1. The fourth-order valence-electron chi connectivity index (χ4n) is 2.41. The van der Waals surface area contributed by atoms with Crippen molar-refractivity contribution in [1.82, 2.24) is 15.5 Å². The van der Waals surface area contributed by atoms with E-state index in [0.29, 0.717) is 28.1 Å². The zero-order valence-electron chi connectivity index (χ0n) is 13.9. The van der Waals surface area contributed by atoms with Crippen LogP contribution in [0.1, 0.15) is 42.6 Å². The zero-order chi connectivity index (χ0) is 17.8. The molecule has 0 saturated carbocycles. The molecule has 130 valence electrons. The molecule has 0 spiro atoms. The van der Waals surface area contributed by atoms with Gasteiger partial charge < -0.3 is 14.3 Å². The van der Waals surface area contributed by atoms with E-state index in [1.54, 1.807) is 36.4 Å². The Labute approximate surface area is 150 Å². The number of carbonyl (C=O) groups is 1. The third kappa shape index (κ3) is 3.74. The van der Waals surface area contributed by atoms with E-state index in [9.17, 15) is 4.79 Å². The van der Waals surface area contributed by atoms with Gasteiger partial charge in [-0.15, -0.1) is 0 Å². The van der Waals surface area contributed by atoms with Gasteiger partial charge in [-0.1, -0.05) is 49.2 Å². The van der Waals surface area contributed by atoms with Gasteiger partial charge in [-0.2, -0.15) is 4.98 Å². The third-order valence-corrected chi connectivity index (χ3v) is 4.40. The highest BCUT2D eigenvalue weighted by Gasteiger charge is 2.27. The molecule has 0 aliphatic heterocycles. The molecule has 7 heteroatoms. The van der Waals surface area contributed by atoms with Crippen LogP contribution in [0, 0.1) is 5.92 Å². The smallest absolute Gasteiger partial charge is 0.253 e. The van der Waals surface area contributed by atoms with Gasteiger partial charge in [0.1, 0.15) is 6.04 Å². The van der Waals surface area contributed by atoms with Crippen molar-refractivity contribution in [1.29, 1.82) is 0 Å². The molecule has 2 aromatic heterocycles. The van der Waals surface area contributed by atoms with Gasteiger partial charge in [0, 0.05) is 0 Å². The summed E-state index contributed by atoms with van der Waals surface area (Å²) in [7, 11) is 0. The molecular formula is C18H18ClN3O3. The van der Waals surface area contributed by atoms with E-state index in [4.69, 9.17) is 20.5 Å². The molecule has 0 saturated heterocycles. The Kier molecular flexibility index (Phi) is 5.19. The molecule has 3 rings (SSSR count). The first kappa shape index (κ1) is 17.2. The minimum atomic E-state index is -0.426. The number of benzene rings is 1. The average Bonchev–Trinajstić information content (AvgIpc) is 3.30. The van der Waals surface area contributed by atoms with Crippen LogP contribution in [0.15, 0.2) is 51.6 Å². The van der Waals surface area contributed by atoms with Crippen LogP contribution in [-0.4, -0.2) is 16.0 Å². The maximum absolute atomic E-state index is 12.6. The molecule has 2 atom stereocenters. The Bertz CT molecular complexity index is 845. The molecule has 1 amide bonds.